The summed E-state index contributed by atoms with van der Waals surface area (Å²) in [7, 11) is 0.840. The van der Waals surface area contributed by atoms with Gasteiger partial charge >= 0.3 is 0 Å². The molecule has 334 valence electrons. The quantitative estimate of drug-likeness (QED) is 0.103. The van der Waals surface area contributed by atoms with Gasteiger partial charge in [-0.25, -0.2) is 0 Å². The van der Waals surface area contributed by atoms with Crippen molar-refractivity contribution in [2.75, 3.05) is 10.2 Å². The van der Waals surface area contributed by atoms with Crippen LogP contribution in [0.15, 0.2) is 176 Å². The smallest absolute Gasteiger partial charge is 0.211 e. The van der Waals surface area contributed by atoms with Crippen molar-refractivity contribution in [3.63, 3.8) is 0 Å². The molecule has 0 spiro atoms. The number of anilines is 5. The molecule has 2 aliphatic rings. The van der Waals surface area contributed by atoms with Gasteiger partial charge in [0.05, 0.1) is 22.4 Å². The number of thiophene rings is 1. The van der Waals surface area contributed by atoms with Crippen LogP contribution in [0.3, 0.4) is 0 Å². The molecule has 1 aliphatic carbocycles. The fraction of sp³-hybridized carbons (Fsp3) is 0.206. The first-order valence-corrected chi connectivity index (χ1v) is 25.6. The molecule has 0 unspecified atom stereocenters. The fourth-order valence-electron chi connectivity index (χ4n) is 11.5. The van der Waals surface area contributed by atoms with Gasteiger partial charge in [-0.05, 0) is 153 Å². The summed E-state index contributed by atoms with van der Waals surface area (Å²) in [4.78, 5) is 2.50. The first kappa shape index (κ1) is 42.5. The summed E-state index contributed by atoms with van der Waals surface area (Å²) >= 11 is 1.96. The molecule has 0 atom stereocenters. The van der Waals surface area contributed by atoms with Crippen LogP contribution in [0.25, 0.3) is 59.8 Å². The maximum atomic E-state index is 4.10. The van der Waals surface area contributed by atoms with Crippen LogP contribution in [0, 0.1) is 0 Å². The minimum Gasteiger partial charge on any atom is -0.355 e. The van der Waals surface area contributed by atoms with E-state index in [2.05, 4.69) is 225 Å². The van der Waals surface area contributed by atoms with Gasteiger partial charge in [-0.3, -0.25) is 0 Å². The van der Waals surface area contributed by atoms with Gasteiger partial charge < -0.3 is 14.8 Å². The van der Waals surface area contributed by atoms with Gasteiger partial charge in [-0.1, -0.05) is 151 Å². The molecule has 3 nitrogen and oxygen atoms in total. The van der Waals surface area contributed by atoms with Crippen molar-refractivity contribution < 1.29 is 0 Å². The molecule has 0 amide bonds. The Morgan fingerprint density at radius 3 is 1.96 bits per heavy atom. The number of nitrogens with zero attached hydrogens (tertiary/aromatic N) is 2. The Bertz CT molecular complexity index is 3470. The van der Waals surface area contributed by atoms with Crippen molar-refractivity contribution in [3.05, 3.63) is 193 Å². The SMILES string of the molecule is CCCCCc1ccc(Nc2cc3c(cc2-c2cc(N(c4ccccc4)c4ccccc4)c4c5ccccc5n5c4c2Bc2sc4ccc(-c6ccccc6)cc4c2-5)C(C)(C)CCC3(C)C)cc1. The molecule has 0 saturated carbocycles. The lowest BCUT2D eigenvalue weighted by atomic mass is 9.61. The topological polar surface area (TPSA) is 20.2 Å². The van der Waals surface area contributed by atoms with Crippen molar-refractivity contribution in [2.24, 2.45) is 0 Å². The zero-order chi connectivity index (χ0) is 46.1. The van der Waals surface area contributed by atoms with Crippen LogP contribution >= 0.6 is 11.3 Å². The van der Waals surface area contributed by atoms with Crippen LogP contribution in [0.5, 0.6) is 0 Å². The Morgan fingerprint density at radius 2 is 1.26 bits per heavy atom. The standard InChI is InChI=1S/C63H58BN3S/c1-6-7-11-20-41-29-32-44(33-30-41)65-53-40-52-51(62(2,3)35-36-63(52,4)5)38-48(53)49-39-55(66(45-23-14-9-15-24-45)46-25-16-10-17-26-46)57-47-27-18-19-28-54(47)67-59-50-37-43(42-21-12-8-13-22-42)31-34-56(50)68-61(59)64-58(49)60(57)67/h8-10,12-19,21-34,37-40,64-65H,6-7,11,20,35-36H2,1-5H3. The molecule has 0 bridgehead atoms. The highest BCUT2D eigenvalue weighted by atomic mass is 32.1. The lowest BCUT2D eigenvalue weighted by molar-refractivity contribution is 0.332. The van der Waals surface area contributed by atoms with E-state index < -0.39 is 0 Å². The number of unbranched alkanes of at least 4 members (excludes halogenated alkanes) is 2. The van der Waals surface area contributed by atoms with Gasteiger partial charge in [0.15, 0.2) is 0 Å². The number of hydrogen-bond donors (Lipinski definition) is 1. The molecule has 68 heavy (non-hydrogen) atoms. The number of benzene rings is 8. The second kappa shape index (κ2) is 16.8. The van der Waals surface area contributed by atoms with E-state index in [1.165, 1.54) is 112 Å². The van der Waals surface area contributed by atoms with E-state index in [1.807, 2.05) is 11.3 Å². The van der Waals surface area contributed by atoms with Crippen molar-refractivity contribution in [3.8, 4) is 27.9 Å². The molecular weight excluding hydrogens is 842 g/mol. The Balaban J connectivity index is 1.19. The van der Waals surface area contributed by atoms with E-state index >= 15 is 0 Å². The zero-order valence-electron chi connectivity index (χ0n) is 40.0. The van der Waals surface area contributed by atoms with Crippen LogP contribution in [0.4, 0.5) is 28.4 Å². The normalized spacial score (nSPS) is 14.4. The van der Waals surface area contributed by atoms with Gasteiger partial charge in [0, 0.05) is 49.2 Å². The number of para-hydroxylation sites is 3. The van der Waals surface area contributed by atoms with E-state index in [0.717, 1.165) is 49.3 Å². The molecule has 12 rings (SSSR count). The first-order valence-electron chi connectivity index (χ1n) is 24.8. The highest BCUT2D eigenvalue weighted by Crippen LogP contribution is 2.52. The predicted molar refractivity (Wildman–Crippen MR) is 296 cm³/mol. The van der Waals surface area contributed by atoms with Gasteiger partial charge in [-0.15, -0.1) is 11.3 Å². The second-order valence-electron chi connectivity index (χ2n) is 20.6. The molecule has 5 heteroatoms. The minimum absolute atomic E-state index is 0.0204. The summed E-state index contributed by atoms with van der Waals surface area (Å²) in [5, 5.41) is 7.95. The van der Waals surface area contributed by atoms with Gasteiger partial charge in [0.2, 0.25) is 7.28 Å². The average molecular weight is 900 g/mol. The Hall–Kier alpha value is -6.82. The van der Waals surface area contributed by atoms with Crippen molar-refractivity contribution in [1.82, 2.24) is 4.57 Å². The summed E-state index contributed by atoms with van der Waals surface area (Å²) < 4.78 is 5.39. The number of aromatic nitrogens is 1. The number of nitrogens with one attached hydrogen (secondary N) is 1. The Kier molecular flexibility index (Phi) is 10.5. The molecule has 1 aliphatic heterocycles. The van der Waals surface area contributed by atoms with Crippen LogP contribution < -0.4 is 20.5 Å². The first-order chi connectivity index (χ1) is 33.2. The lowest BCUT2D eigenvalue weighted by Gasteiger charge is -2.42. The highest BCUT2D eigenvalue weighted by molar-refractivity contribution is 7.29. The Morgan fingerprint density at radius 1 is 0.618 bits per heavy atom. The monoisotopic (exact) mass is 899 g/mol. The molecule has 0 saturated heterocycles. The second-order valence-corrected chi connectivity index (χ2v) is 21.8. The zero-order valence-corrected chi connectivity index (χ0v) is 40.8. The van der Waals surface area contributed by atoms with Crippen molar-refractivity contribution in [2.45, 2.75) is 84.0 Å². The Labute approximate surface area is 406 Å². The van der Waals surface area contributed by atoms with Crippen LogP contribution in [-0.4, -0.2) is 11.8 Å². The van der Waals surface area contributed by atoms with Gasteiger partial charge in [0.1, 0.15) is 0 Å². The van der Waals surface area contributed by atoms with Crippen molar-refractivity contribution >= 4 is 89.2 Å². The molecule has 0 radical (unpaired) electrons. The third kappa shape index (κ3) is 7.17. The molecule has 2 aromatic heterocycles. The largest absolute Gasteiger partial charge is 0.355 e. The molecular formula is C63H58BN3S. The lowest BCUT2D eigenvalue weighted by Crippen LogP contribution is -2.36. The molecule has 0 fully saturated rings. The molecule has 8 aromatic carbocycles. The number of rotatable bonds is 11. The summed E-state index contributed by atoms with van der Waals surface area (Å²) in [5.74, 6) is 0. The maximum Gasteiger partial charge on any atom is 0.211 e. The maximum absolute atomic E-state index is 4.10. The summed E-state index contributed by atoms with van der Waals surface area (Å²) in [6.45, 7) is 12.1. The number of hydrogen-bond acceptors (Lipinski definition) is 3. The van der Waals surface area contributed by atoms with Crippen LogP contribution in [-0.2, 0) is 17.3 Å². The summed E-state index contributed by atoms with van der Waals surface area (Å²) in [6.07, 6.45) is 7.15. The summed E-state index contributed by atoms with van der Waals surface area (Å²) in [5.41, 5.74) is 20.4. The van der Waals surface area contributed by atoms with E-state index in [4.69, 9.17) is 0 Å². The summed E-state index contributed by atoms with van der Waals surface area (Å²) in [6, 6.07) is 66.1. The third-order valence-corrected chi connectivity index (χ3v) is 16.4. The van der Waals surface area contributed by atoms with E-state index in [1.54, 1.807) is 0 Å². The van der Waals surface area contributed by atoms with Crippen molar-refractivity contribution in [1.29, 1.82) is 0 Å². The van der Waals surface area contributed by atoms with Gasteiger partial charge in [-0.2, -0.15) is 0 Å². The minimum atomic E-state index is 0.0204. The van der Waals surface area contributed by atoms with E-state index in [9.17, 15) is 0 Å². The van der Waals surface area contributed by atoms with Gasteiger partial charge in [0.25, 0.3) is 0 Å². The van der Waals surface area contributed by atoms with E-state index in [-0.39, 0.29) is 10.8 Å². The number of aryl methyl sites for hydroxylation is 1. The average Bonchev–Trinajstić information content (AvgIpc) is 3.91. The predicted octanol–water partition coefficient (Wildman–Crippen LogP) is 16.3. The third-order valence-electron chi connectivity index (χ3n) is 15.3. The van der Waals surface area contributed by atoms with E-state index in [0.29, 0.717) is 0 Å². The highest BCUT2D eigenvalue weighted by Gasteiger charge is 2.39. The fourth-order valence-corrected chi connectivity index (χ4v) is 12.7. The molecule has 1 N–H and O–H groups in total. The molecule has 3 heterocycles. The number of fused-ring (bicyclic) bond motifs is 8. The van der Waals surface area contributed by atoms with Crippen LogP contribution in [0.1, 0.15) is 83.4 Å². The molecule has 10 aromatic rings. The van der Waals surface area contributed by atoms with Crippen LogP contribution in [0.2, 0.25) is 0 Å².